The fourth-order valence-corrected chi connectivity index (χ4v) is 4.67. The SMILES string of the molecule is Cc1ccc(-c2ccc3nnc(SCc4csc(-c5ccccc5)n4)n3n2)cc1. The van der Waals surface area contributed by atoms with E-state index in [1.54, 1.807) is 23.1 Å². The molecule has 0 atom stereocenters. The molecule has 0 fully saturated rings. The molecular weight excluding hydrogens is 398 g/mol. The molecule has 5 nitrogen and oxygen atoms in total. The normalized spacial score (nSPS) is 11.2. The zero-order valence-corrected chi connectivity index (χ0v) is 17.3. The lowest BCUT2D eigenvalue weighted by molar-refractivity contribution is 0.812. The second-order valence-corrected chi connectivity index (χ2v) is 8.44. The highest BCUT2D eigenvalue weighted by Gasteiger charge is 2.11. The highest BCUT2D eigenvalue weighted by molar-refractivity contribution is 7.98. The molecule has 0 unspecified atom stereocenters. The molecule has 3 heterocycles. The van der Waals surface area contributed by atoms with Gasteiger partial charge in [0.15, 0.2) is 5.65 Å². The Balaban J connectivity index is 1.37. The lowest BCUT2D eigenvalue weighted by Crippen LogP contribution is -1.96. The van der Waals surface area contributed by atoms with Gasteiger partial charge in [0, 0.05) is 22.3 Å². The zero-order chi connectivity index (χ0) is 19.6. The number of thioether (sulfide) groups is 1. The molecule has 0 saturated carbocycles. The van der Waals surface area contributed by atoms with Gasteiger partial charge in [-0.05, 0) is 19.1 Å². The molecule has 0 aliphatic rings. The Morgan fingerprint density at radius 3 is 2.55 bits per heavy atom. The van der Waals surface area contributed by atoms with Gasteiger partial charge in [0.25, 0.3) is 0 Å². The molecule has 3 aromatic heterocycles. The van der Waals surface area contributed by atoms with E-state index in [0.29, 0.717) is 0 Å². The van der Waals surface area contributed by atoms with Gasteiger partial charge >= 0.3 is 0 Å². The number of hydrogen-bond acceptors (Lipinski definition) is 6. The van der Waals surface area contributed by atoms with Gasteiger partial charge in [-0.2, -0.15) is 9.61 Å². The topological polar surface area (TPSA) is 56.0 Å². The maximum atomic E-state index is 4.75. The summed E-state index contributed by atoms with van der Waals surface area (Å²) in [7, 11) is 0. The monoisotopic (exact) mass is 415 g/mol. The molecule has 2 aromatic carbocycles. The van der Waals surface area contributed by atoms with Crippen LogP contribution in [0.2, 0.25) is 0 Å². The molecule has 29 heavy (non-hydrogen) atoms. The van der Waals surface area contributed by atoms with Gasteiger partial charge in [0.2, 0.25) is 5.16 Å². The number of benzene rings is 2. The first-order chi connectivity index (χ1) is 14.3. The van der Waals surface area contributed by atoms with Crippen molar-refractivity contribution in [1.29, 1.82) is 0 Å². The van der Waals surface area contributed by atoms with E-state index >= 15 is 0 Å². The number of aryl methyl sites for hydroxylation is 1. The van der Waals surface area contributed by atoms with Crippen molar-refractivity contribution in [2.45, 2.75) is 17.8 Å². The summed E-state index contributed by atoms with van der Waals surface area (Å²) in [6, 6.07) is 22.5. The summed E-state index contributed by atoms with van der Waals surface area (Å²) in [5, 5.41) is 17.2. The Hall–Kier alpha value is -3.03. The van der Waals surface area contributed by atoms with Crippen LogP contribution in [0.1, 0.15) is 11.3 Å². The van der Waals surface area contributed by atoms with E-state index in [1.807, 2.05) is 34.8 Å². The smallest absolute Gasteiger partial charge is 0.212 e. The Bertz CT molecular complexity index is 1260. The predicted octanol–water partition coefficient (Wildman–Crippen LogP) is 5.52. The lowest BCUT2D eigenvalue weighted by atomic mass is 10.1. The van der Waals surface area contributed by atoms with E-state index in [-0.39, 0.29) is 0 Å². The van der Waals surface area contributed by atoms with Crippen molar-refractivity contribution in [2.75, 3.05) is 0 Å². The average Bonchev–Trinajstić information content (AvgIpc) is 3.40. The molecule has 0 spiro atoms. The highest BCUT2D eigenvalue weighted by atomic mass is 32.2. The van der Waals surface area contributed by atoms with E-state index in [9.17, 15) is 0 Å². The van der Waals surface area contributed by atoms with Crippen LogP contribution in [0.4, 0.5) is 0 Å². The number of nitrogens with zero attached hydrogens (tertiary/aromatic N) is 5. The predicted molar refractivity (Wildman–Crippen MR) is 118 cm³/mol. The summed E-state index contributed by atoms with van der Waals surface area (Å²) in [5.74, 6) is 0.723. The number of fused-ring (bicyclic) bond motifs is 1. The Kier molecular flexibility index (Phi) is 4.83. The summed E-state index contributed by atoms with van der Waals surface area (Å²) < 4.78 is 1.81. The summed E-state index contributed by atoms with van der Waals surface area (Å²) in [4.78, 5) is 4.75. The molecule has 0 aliphatic carbocycles. The third-order valence-electron chi connectivity index (χ3n) is 4.50. The number of hydrogen-bond donors (Lipinski definition) is 0. The summed E-state index contributed by atoms with van der Waals surface area (Å²) in [6.45, 7) is 2.08. The standard InChI is InChI=1S/C22H17N5S2/c1-15-7-9-16(10-8-15)19-11-12-20-24-25-22(27(20)26-19)29-14-18-13-28-21(23-18)17-5-3-2-4-6-17/h2-13H,14H2,1H3. The van der Waals surface area contributed by atoms with Gasteiger partial charge < -0.3 is 0 Å². The fraction of sp³-hybridized carbons (Fsp3) is 0.0909. The molecule has 7 heteroatoms. The van der Waals surface area contributed by atoms with E-state index in [0.717, 1.165) is 44.1 Å². The maximum absolute atomic E-state index is 4.75. The number of aromatic nitrogens is 5. The maximum Gasteiger partial charge on any atom is 0.212 e. The van der Waals surface area contributed by atoms with Crippen molar-refractivity contribution in [2.24, 2.45) is 0 Å². The molecule has 0 aliphatic heterocycles. The van der Waals surface area contributed by atoms with Crippen LogP contribution in [-0.2, 0) is 5.75 Å². The van der Waals surface area contributed by atoms with E-state index in [4.69, 9.17) is 10.1 Å². The number of rotatable bonds is 5. The fourth-order valence-electron chi connectivity index (χ4n) is 2.96. The molecular formula is C22H17N5S2. The highest BCUT2D eigenvalue weighted by Crippen LogP contribution is 2.27. The molecule has 5 rings (SSSR count). The van der Waals surface area contributed by atoms with Crippen LogP contribution in [0.5, 0.6) is 0 Å². The quantitative estimate of drug-likeness (QED) is 0.354. The van der Waals surface area contributed by atoms with Gasteiger partial charge in [-0.3, -0.25) is 0 Å². The minimum absolute atomic E-state index is 0.723. The van der Waals surface area contributed by atoms with Crippen molar-refractivity contribution in [3.8, 4) is 21.8 Å². The minimum Gasteiger partial charge on any atom is -0.240 e. The molecule has 0 saturated heterocycles. The molecule has 0 bridgehead atoms. The van der Waals surface area contributed by atoms with Gasteiger partial charge in [0.1, 0.15) is 5.01 Å². The van der Waals surface area contributed by atoms with Crippen LogP contribution >= 0.6 is 23.1 Å². The van der Waals surface area contributed by atoms with E-state index in [2.05, 4.69) is 58.9 Å². The summed E-state index contributed by atoms with van der Waals surface area (Å²) >= 11 is 3.26. The van der Waals surface area contributed by atoms with Crippen LogP contribution in [-0.4, -0.2) is 24.8 Å². The summed E-state index contributed by atoms with van der Waals surface area (Å²) in [5.41, 5.74) is 6.13. The first-order valence-corrected chi connectivity index (χ1v) is 11.0. The van der Waals surface area contributed by atoms with Gasteiger partial charge in [0.05, 0.1) is 11.4 Å². The Labute approximate surface area is 176 Å². The summed E-state index contributed by atoms with van der Waals surface area (Å²) in [6.07, 6.45) is 0. The lowest BCUT2D eigenvalue weighted by Gasteiger charge is -2.03. The molecule has 5 aromatic rings. The van der Waals surface area contributed by atoms with E-state index < -0.39 is 0 Å². The van der Waals surface area contributed by atoms with Gasteiger partial charge in [-0.1, -0.05) is 71.9 Å². The van der Waals surface area contributed by atoms with Crippen LogP contribution < -0.4 is 0 Å². The van der Waals surface area contributed by atoms with Crippen molar-refractivity contribution in [3.05, 3.63) is 83.4 Å². The second-order valence-electron chi connectivity index (χ2n) is 6.64. The molecule has 0 N–H and O–H groups in total. The largest absolute Gasteiger partial charge is 0.240 e. The third kappa shape index (κ3) is 3.79. The molecule has 0 radical (unpaired) electrons. The molecule has 142 valence electrons. The first kappa shape index (κ1) is 18.0. The van der Waals surface area contributed by atoms with Crippen LogP contribution in [0, 0.1) is 6.92 Å². The number of thiazole rings is 1. The Morgan fingerprint density at radius 1 is 0.897 bits per heavy atom. The van der Waals surface area contributed by atoms with Crippen LogP contribution in [0.3, 0.4) is 0 Å². The first-order valence-electron chi connectivity index (χ1n) is 9.18. The average molecular weight is 416 g/mol. The van der Waals surface area contributed by atoms with Crippen molar-refractivity contribution in [1.82, 2.24) is 24.8 Å². The second kappa shape index (κ2) is 7.77. The van der Waals surface area contributed by atoms with E-state index in [1.165, 1.54) is 5.56 Å². The Morgan fingerprint density at radius 2 is 1.72 bits per heavy atom. The third-order valence-corrected chi connectivity index (χ3v) is 6.40. The van der Waals surface area contributed by atoms with Crippen LogP contribution in [0.25, 0.3) is 27.5 Å². The van der Waals surface area contributed by atoms with Crippen LogP contribution in [0.15, 0.2) is 77.3 Å². The minimum atomic E-state index is 0.723. The van der Waals surface area contributed by atoms with Gasteiger partial charge in [-0.15, -0.1) is 21.5 Å². The zero-order valence-electron chi connectivity index (χ0n) is 15.7. The van der Waals surface area contributed by atoms with Gasteiger partial charge in [-0.25, -0.2) is 4.98 Å². The molecule has 0 amide bonds. The van der Waals surface area contributed by atoms with Crippen molar-refractivity contribution < 1.29 is 0 Å². The van der Waals surface area contributed by atoms with Crippen molar-refractivity contribution in [3.63, 3.8) is 0 Å². The van der Waals surface area contributed by atoms with Crippen molar-refractivity contribution >= 4 is 28.7 Å².